The van der Waals surface area contributed by atoms with Crippen LogP contribution in [0, 0.1) is 5.82 Å². The molecule has 2 aromatic carbocycles. The summed E-state index contributed by atoms with van der Waals surface area (Å²) in [5.41, 5.74) is 1.22. The Morgan fingerprint density at radius 3 is 2.31 bits per heavy atom. The van der Waals surface area contributed by atoms with Crippen LogP contribution in [0.5, 0.6) is 0 Å². The smallest absolute Gasteiger partial charge is 0.274 e. The van der Waals surface area contributed by atoms with E-state index in [1.54, 1.807) is 11.4 Å². The van der Waals surface area contributed by atoms with Crippen LogP contribution in [0.2, 0.25) is 0 Å². The number of carbonyl (C=O) groups is 1. The van der Waals surface area contributed by atoms with Crippen molar-refractivity contribution in [2.75, 3.05) is 10.8 Å². The molecule has 0 saturated heterocycles. The minimum absolute atomic E-state index is 0.118. The molecule has 0 radical (unpaired) electrons. The quantitative estimate of drug-likeness (QED) is 0.477. The van der Waals surface area contributed by atoms with E-state index in [-0.39, 0.29) is 21.4 Å². The normalized spacial score (nSPS) is 12.9. The standard InChI is InChI=1S/C24H27FN2O3S2/c1-18(16-24(2,3)19-8-5-4-6-9-19)26-22(28)17-27(21-13-11-20(25)12-14-21)32(29,30)23-10-7-15-31-23/h4-15,18H,16-17H2,1-3H3,(H,26,28). The first kappa shape index (κ1) is 23.9. The number of thiophene rings is 1. The van der Waals surface area contributed by atoms with Gasteiger partial charge in [0, 0.05) is 6.04 Å². The van der Waals surface area contributed by atoms with Crippen molar-refractivity contribution >= 4 is 33.0 Å². The van der Waals surface area contributed by atoms with Gasteiger partial charge in [-0.2, -0.15) is 0 Å². The first-order valence-electron chi connectivity index (χ1n) is 10.3. The van der Waals surface area contributed by atoms with Crippen molar-refractivity contribution in [2.45, 2.75) is 42.9 Å². The molecule has 0 bridgehead atoms. The molecule has 5 nitrogen and oxygen atoms in total. The molecule has 0 saturated carbocycles. The van der Waals surface area contributed by atoms with Gasteiger partial charge in [-0.15, -0.1) is 11.3 Å². The molecule has 1 unspecified atom stereocenters. The second-order valence-corrected chi connectivity index (χ2v) is 11.4. The van der Waals surface area contributed by atoms with E-state index in [2.05, 4.69) is 31.3 Å². The monoisotopic (exact) mass is 474 g/mol. The molecule has 1 atom stereocenters. The van der Waals surface area contributed by atoms with Crippen molar-refractivity contribution in [3.05, 3.63) is 83.5 Å². The van der Waals surface area contributed by atoms with Gasteiger partial charge in [-0.05, 0) is 60.0 Å². The lowest BCUT2D eigenvalue weighted by Crippen LogP contribution is -2.44. The summed E-state index contributed by atoms with van der Waals surface area (Å²) in [6.45, 7) is 5.72. The van der Waals surface area contributed by atoms with Crippen LogP contribution in [0.25, 0.3) is 0 Å². The first-order chi connectivity index (χ1) is 15.1. The maximum absolute atomic E-state index is 13.4. The van der Waals surface area contributed by atoms with Crippen molar-refractivity contribution < 1.29 is 17.6 Å². The Hall–Kier alpha value is -2.71. The SMILES string of the molecule is CC(CC(C)(C)c1ccccc1)NC(=O)CN(c1ccc(F)cc1)S(=O)(=O)c1cccs1. The Morgan fingerprint density at radius 2 is 1.72 bits per heavy atom. The van der Waals surface area contributed by atoms with E-state index in [9.17, 15) is 17.6 Å². The van der Waals surface area contributed by atoms with Gasteiger partial charge < -0.3 is 5.32 Å². The number of rotatable bonds is 9. The van der Waals surface area contributed by atoms with E-state index in [0.717, 1.165) is 21.2 Å². The van der Waals surface area contributed by atoms with Gasteiger partial charge in [-0.1, -0.05) is 50.2 Å². The summed E-state index contributed by atoms with van der Waals surface area (Å²) in [7, 11) is -3.96. The molecule has 3 rings (SSSR count). The third-order valence-electron chi connectivity index (χ3n) is 5.22. The number of halogens is 1. The number of hydrogen-bond donors (Lipinski definition) is 1. The zero-order valence-corrected chi connectivity index (χ0v) is 19.9. The second kappa shape index (κ2) is 9.83. The van der Waals surface area contributed by atoms with Crippen LogP contribution in [0.1, 0.15) is 32.8 Å². The van der Waals surface area contributed by atoms with Crippen molar-refractivity contribution in [3.63, 3.8) is 0 Å². The van der Waals surface area contributed by atoms with Gasteiger partial charge >= 0.3 is 0 Å². The van der Waals surface area contributed by atoms with Gasteiger partial charge in [0.1, 0.15) is 16.6 Å². The van der Waals surface area contributed by atoms with E-state index in [1.807, 2.05) is 25.1 Å². The summed E-state index contributed by atoms with van der Waals surface area (Å²) in [6, 6.07) is 18.0. The van der Waals surface area contributed by atoms with Crippen LogP contribution in [-0.4, -0.2) is 26.9 Å². The van der Waals surface area contributed by atoms with Gasteiger partial charge in [0.25, 0.3) is 10.0 Å². The van der Waals surface area contributed by atoms with Crippen LogP contribution in [0.15, 0.2) is 76.3 Å². The fourth-order valence-corrected chi connectivity index (χ4v) is 6.24. The summed E-state index contributed by atoms with van der Waals surface area (Å²) in [5, 5.41) is 4.58. The molecular weight excluding hydrogens is 447 g/mol. The molecule has 32 heavy (non-hydrogen) atoms. The Kier molecular flexibility index (Phi) is 7.36. The third-order valence-corrected chi connectivity index (χ3v) is 8.37. The van der Waals surface area contributed by atoms with E-state index in [0.29, 0.717) is 6.42 Å². The number of nitrogens with zero attached hydrogens (tertiary/aromatic N) is 1. The van der Waals surface area contributed by atoms with Crippen molar-refractivity contribution in [1.29, 1.82) is 0 Å². The molecule has 1 N–H and O–H groups in total. The average Bonchev–Trinajstić information content (AvgIpc) is 3.29. The van der Waals surface area contributed by atoms with Crippen LogP contribution >= 0.6 is 11.3 Å². The third kappa shape index (κ3) is 5.75. The lowest BCUT2D eigenvalue weighted by molar-refractivity contribution is -0.120. The minimum atomic E-state index is -3.96. The summed E-state index contributed by atoms with van der Waals surface area (Å²) < 4.78 is 40.9. The molecule has 1 heterocycles. The van der Waals surface area contributed by atoms with Crippen molar-refractivity contribution in [1.82, 2.24) is 5.32 Å². The molecule has 0 aliphatic carbocycles. The highest BCUT2D eigenvalue weighted by molar-refractivity contribution is 7.94. The topological polar surface area (TPSA) is 66.5 Å². The Labute approximate surface area is 193 Å². The molecule has 8 heteroatoms. The van der Waals surface area contributed by atoms with E-state index >= 15 is 0 Å². The maximum Gasteiger partial charge on any atom is 0.274 e. The molecule has 0 aliphatic heterocycles. The molecule has 0 spiro atoms. The largest absolute Gasteiger partial charge is 0.352 e. The molecular formula is C24H27FN2O3S2. The molecule has 0 aliphatic rings. The number of sulfonamides is 1. The lowest BCUT2D eigenvalue weighted by atomic mass is 9.79. The predicted molar refractivity (Wildman–Crippen MR) is 127 cm³/mol. The lowest BCUT2D eigenvalue weighted by Gasteiger charge is -2.30. The molecule has 3 aromatic rings. The van der Waals surface area contributed by atoms with Crippen molar-refractivity contribution in [2.24, 2.45) is 0 Å². The molecule has 170 valence electrons. The minimum Gasteiger partial charge on any atom is -0.352 e. The van der Waals surface area contributed by atoms with Crippen LogP contribution in [0.3, 0.4) is 0 Å². The first-order valence-corrected chi connectivity index (χ1v) is 12.6. The highest BCUT2D eigenvalue weighted by Gasteiger charge is 2.29. The summed E-state index contributed by atoms with van der Waals surface area (Å²) in [5.74, 6) is -0.908. The maximum atomic E-state index is 13.4. The van der Waals surface area contributed by atoms with Crippen LogP contribution in [0.4, 0.5) is 10.1 Å². The molecule has 1 aromatic heterocycles. The molecule has 0 fully saturated rings. The summed E-state index contributed by atoms with van der Waals surface area (Å²) in [4.78, 5) is 12.9. The zero-order chi connectivity index (χ0) is 23.4. The Bertz CT molecular complexity index is 1130. The van der Waals surface area contributed by atoms with Gasteiger partial charge in [-0.3, -0.25) is 9.10 Å². The number of carbonyl (C=O) groups excluding carboxylic acids is 1. The average molecular weight is 475 g/mol. The fraction of sp³-hybridized carbons (Fsp3) is 0.292. The number of amides is 1. The number of anilines is 1. The van der Waals surface area contributed by atoms with Gasteiger partial charge in [0.2, 0.25) is 5.91 Å². The van der Waals surface area contributed by atoms with E-state index in [4.69, 9.17) is 0 Å². The highest BCUT2D eigenvalue weighted by atomic mass is 32.2. The van der Waals surface area contributed by atoms with Gasteiger partial charge in [0.15, 0.2) is 0 Å². The zero-order valence-electron chi connectivity index (χ0n) is 18.3. The van der Waals surface area contributed by atoms with Crippen LogP contribution in [-0.2, 0) is 20.2 Å². The number of benzene rings is 2. The van der Waals surface area contributed by atoms with Gasteiger partial charge in [-0.25, -0.2) is 12.8 Å². The predicted octanol–water partition coefficient (Wildman–Crippen LogP) is 4.96. The van der Waals surface area contributed by atoms with Crippen LogP contribution < -0.4 is 9.62 Å². The van der Waals surface area contributed by atoms with Gasteiger partial charge in [0.05, 0.1) is 5.69 Å². The summed E-state index contributed by atoms with van der Waals surface area (Å²) in [6.07, 6.45) is 0.678. The number of nitrogens with one attached hydrogen (secondary N) is 1. The fourth-order valence-electron chi connectivity index (χ4n) is 3.72. The molecule has 1 amide bonds. The highest BCUT2D eigenvalue weighted by Crippen LogP contribution is 2.29. The second-order valence-electron chi connectivity index (χ2n) is 8.34. The number of hydrogen-bond acceptors (Lipinski definition) is 4. The Balaban J connectivity index is 1.76. The summed E-state index contributed by atoms with van der Waals surface area (Å²) >= 11 is 1.07. The van der Waals surface area contributed by atoms with E-state index in [1.165, 1.54) is 30.3 Å². The van der Waals surface area contributed by atoms with Crippen molar-refractivity contribution in [3.8, 4) is 0 Å². The van der Waals surface area contributed by atoms with E-state index < -0.39 is 28.3 Å². The Morgan fingerprint density at radius 1 is 1.06 bits per heavy atom.